The van der Waals surface area contributed by atoms with Crippen LogP contribution in [0.2, 0.25) is 0 Å². The summed E-state index contributed by atoms with van der Waals surface area (Å²) in [5.74, 6) is -0.0857. The normalized spacial score (nSPS) is 33.9. The second-order valence-corrected chi connectivity index (χ2v) is 6.35. The average molecular weight is 224 g/mol. The quantitative estimate of drug-likeness (QED) is 0.770. The van der Waals surface area contributed by atoms with Gasteiger partial charge in [0.1, 0.15) is 0 Å². The molecule has 1 rings (SSSR count). The molecule has 0 spiro atoms. The van der Waals surface area contributed by atoms with Gasteiger partial charge in [-0.1, -0.05) is 0 Å². The van der Waals surface area contributed by atoms with Crippen LogP contribution in [-0.2, 0) is 9.84 Å². The Balaban J connectivity index is 2.65. The van der Waals surface area contributed by atoms with E-state index in [1.807, 2.05) is 0 Å². The molecular weight excluding hydrogens is 207 g/mol. The van der Waals surface area contributed by atoms with E-state index in [2.05, 4.69) is 0 Å². The molecule has 0 amide bonds. The summed E-state index contributed by atoms with van der Waals surface area (Å²) in [7, 11) is -3.00. The fourth-order valence-electron chi connectivity index (χ4n) is 2.03. The lowest BCUT2D eigenvalue weighted by Crippen LogP contribution is -2.35. The van der Waals surface area contributed by atoms with E-state index >= 15 is 0 Å². The van der Waals surface area contributed by atoms with E-state index in [0.29, 0.717) is 6.42 Å². The summed E-state index contributed by atoms with van der Waals surface area (Å²) < 4.78 is 35.4. The molecule has 3 nitrogen and oxygen atoms in total. The highest BCUT2D eigenvalue weighted by molar-refractivity contribution is 7.91. The Hall–Kier alpha value is -0.160. The topological polar surface area (TPSA) is 54.4 Å². The maximum absolute atomic E-state index is 12.8. The Labute approximate surface area is 84.2 Å². The third-order valence-electron chi connectivity index (χ3n) is 2.80. The van der Waals surface area contributed by atoms with E-state index in [9.17, 15) is 12.8 Å². The second kappa shape index (κ2) is 4.57. The van der Waals surface area contributed by atoms with Gasteiger partial charge in [-0.3, -0.25) is 0 Å². The summed E-state index contributed by atoms with van der Waals surface area (Å²) in [6.07, 6.45) is -0.289. The van der Waals surface area contributed by atoms with Gasteiger partial charge in [-0.25, -0.2) is 12.8 Å². The summed E-state index contributed by atoms with van der Waals surface area (Å²) in [5, 5.41) is 9.03. The third kappa shape index (κ3) is 3.20. The minimum Gasteiger partial charge on any atom is -0.396 e. The lowest BCUT2D eigenvalue weighted by atomic mass is 9.88. The molecule has 0 aromatic heterocycles. The molecule has 0 aromatic rings. The first kappa shape index (κ1) is 11.9. The van der Waals surface area contributed by atoms with Gasteiger partial charge in [-0.15, -0.1) is 0 Å². The van der Waals surface area contributed by atoms with E-state index in [1.165, 1.54) is 6.92 Å². The molecule has 0 aromatic carbocycles. The van der Waals surface area contributed by atoms with Gasteiger partial charge in [0.25, 0.3) is 0 Å². The summed E-state index contributed by atoms with van der Waals surface area (Å²) >= 11 is 0. The number of halogens is 1. The molecule has 14 heavy (non-hydrogen) atoms. The highest BCUT2D eigenvalue weighted by Crippen LogP contribution is 2.29. The molecule has 3 atom stereocenters. The Bertz CT molecular complexity index is 274. The smallest absolute Gasteiger partial charge is 0.150 e. The van der Waals surface area contributed by atoms with Crippen molar-refractivity contribution >= 4 is 9.84 Å². The number of hydrogen-bond donors (Lipinski definition) is 1. The van der Waals surface area contributed by atoms with Crippen molar-refractivity contribution in [1.82, 2.24) is 0 Å². The Morgan fingerprint density at radius 3 is 2.64 bits per heavy atom. The van der Waals surface area contributed by atoms with Gasteiger partial charge in [0.2, 0.25) is 0 Å². The summed E-state index contributed by atoms with van der Waals surface area (Å²) in [6.45, 7) is 1.39. The molecule has 84 valence electrons. The van der Waals surface area contributed by atoms with Crippen molar-refractivity contribution < 1.29 is 17.9 Å². The predicted molar refractivity (Wildman–Crippen MR) is 52.5 cm³/mol. The molecular formula is C9H17FO3S. The molecule has 5 heteroatoms. The van der Waals surface area contributed by atoms with Gasteiger partial charge >= 0.3 is 0 Å². The number of aliphatic hydroxyl groups excluding tert-OH is 1. The summed E-state index contributed by atoms with van der Waals surface area (Å²) in [4.78, 5) is 0. The maximum atomic E-state index is 12.8. The van der Waals surface area contributed by atoms with Crippen molar-refractivity contribution in [3.63, 3.8) is 0 Å². The van der Waals surface area contributed by atoms with E-state index in [-0.39, 0.29) is 36.4 Å². The van der Waals surface area contributed by atoms with Crippen molar-refractivity contribution in [1.29, 1.82) is 0 Å². The van der Waals surface area contributed by atoms with Gasteiger partial charge in [0.05, 0.1) is 17.7 Å². The van der Waals surface area contributed by atoms with Crippen LogP contribution in [0.15, 0.2) is 0 Å². The highest BCUT2D eigenvalue weighted by atomic mass is 32.2. The third-order valence-corrected chi connectivity index (χ3v) is 4.59. The standard InChI is InChI=1S/C9H17FO3S/c1-7(10)4-9-6-14(12,13)3-2-8(9)5-11/h7-9,11H,2-6H2,1H3. The highest BCUT2D eigenvalue weighted by Gasteiger charge is 2.33. The average Bonchev–Trinajstić information content (AvgIpc) is 2.01. The van der Waals surface area contributed by atoms with Crippen molar-refractivity contribution in [2.45, 2.75) is 25.9 Å². The Morgan fingerprint density at radius 1 is 1.50 bits per heavy atom. The van der Waals surface area contributed by atoms with Crippen LogP contribution in [0.1, 0.15) is 19.8 Å². The Morgan fingerprint density at radius 2 is 2.14 bits per heavy atom. The fraction of sp³-hybridized carbons (Fsp3) is 1.00. The lowest BCUT2D eigenvalue weighted by Gasteiger charge is -2.30. The molecule has 1 aliphatic heterocycles. The SMILES string of the molecule is CC(F)CC1CS(=O)(=O)CCC1CO. The lowest BCUT2D eigenvalue weighted by molar-refractivity contribution is 0.151. The van der Waals surface area contributed by atoms with E-state index in [0.717, 1.165) is 0 Å². The van der Waals surface area contributed by atoms with Crippen molar-refractivity contribution in [3.05, 3.63) is 0 Å². The van der Waals surface area contributed by atoms with E-state index < -0.39 is 16.0 Å². The van der Waals surface area contributed by atoms with Gasteiger partial charge < -0.3 is 5.11 Å². The van der Waals surface area contributed by atoms with Crippen LogP contribution in [-0.4, -0.2) is 37.8 Å². The number of sulfone groups is 1. The van der Waals surface area contributed by atoms with E-state index in [1.54, 1.807) is 0 Å². The van der Waals surface area contributed by atoms with Crippen LogP contribution in [0.3, 0.4) is 0 Å². The molecule has 0 saturated carbocycles. The summed E-state index contributed by atoms with van der Waals surface area (Å²) in [6, 6.07) is 0. The van der Waals surface area contributed by atoms with Crippen LogP contribution in [0.25, 0.3) is 0 Å². The molecule has 0 aliphatic carbocycles. The zero-order valence-electron chi connectivity index (χ0n) is 8.32. The Kier molecular flexibility index (Phi) is 3.89. The molecule has 1 saturated heterocycles. The van der Waals surface area contributed by atoms with Crippen molar-refractivity contribution in [3.8, 4) is 0 Å². The molecule has 1 heterocycles. The van der Waals surface area contributed by atoms with E-state index in [4.69, 9.17) is 5.11 Å². The van der Waals surface area contributed by atoms with Crippen LogP contribution >= 0.6 is 0 Å². The second-order valence-electron chi connectivity index (χ2n) is 4.12. The number of rotatable bonds is 3. The predicted octanol–water partition coefficient (Wildman–Crippen LogP) is 0.778. The molecule has 1 fully saturated rings. The van der Waals surface area contributed by atoms with Crippen molar-refractivity contribution in [2.75, 3.05) is 18.1 Å². The minimum absolute atomic E-state index is 0.0342. The van der Waals surface area contributed by atoms with Crippen LogP contribution < -0.4 is 0 Å². The largest absolute Gasteiger partial charge is 0.396 e. The molecule has 1 aliphatic rings. The minimum atomic E-state index is -3.00. The van der Waals surface area contributed by atoms with Gasteiger partial charge in [0, 0.05) is 6.61 Å². The van der Waals surface area contributed by atoms with Crippen molar-refractivity contribution in [2.24, 2.45) is 11.8 Å². The summed E-state index contributed by atoms with van der Waals surface area (Å²) in [5.41, 5.74) is 0. The fourth-order valence-corrected chi connectivity index (χ4v) is 3.92. The van der Waals surface area contributed by atoms with Gasteiger partial charge in [0.15, 0.2) is 9.84 Å². The maximum Gasteiger partial charge on any atom is 0.150 e. The first-order valence-electron chi connectivity index (χ1n) is 4.90. The molecule has 3 unspecified atom stereocenters. The van der Waals surface area contributed by atoms with Crippen LogP contribution in [0.4, 0.5) is 4.39 Å². The molecule has 1 N–H and O–H groups in total. The number of aliphatic hydroxyl groups is 1. The van der Waals surface area contributed by atoms with Crippen LogP contribution in [0, 0.1) is 11.8 Å². The van der Waals surface area contributed by atoms with Gasteiger partial charge in [-0.2, -0.15) is 0 Å². The van der Waals surface area contributed by atoms with Gasteiger partial charge in [-0.05, 0) is 31.6 Å². The molecule has 0 bridgehead atoms. The van der Waals surface area contributed by atoms with Crippen LogP contribution in [0.5, 0.6) is 0 Å². The number of alkyl halides is 1. The molecule has 0 radical (unpaired) electrons. The zero-order chi connectivity index (χ0) is 10.8. The zero-order valence-corrected chi connectivity index (χ0v) is 9.13. The first-order chi connectivity index (χ1) is 6.44. The number of hydrogen-bond acceptors (Lipinski definition) is 3. The monoisotopic (exact) mass is 224 g/mol. The first-order valence-corrected chi connectivity index (χ1v) is 6.72.